The lowest BCUT2D eigenvalue weighted by molar-refractivity contribution is 0.0416. The number of nitrogens with zero attached hydrogens (tertiary/aromatic N) is 3. The van der Waals surface area contributed by atoms with Gasteiger partial charge in [0, 0.05) is 68.4 Å². The van der Waals surface area contributed by atoms with Gasteiger partial charge < -0.3 is 19.3 Å². The molecule has 1 atom stereocenters. The molecule has 0 saturated carbocycles. The van der Waals surface area contributed by atoms with Gasteiger partial charge in [-0.1, -0.05) is 24.3 Å². The Morgan fingerprint density at radius 3 is 2.15 bits per heavy atom. The van der Waals surface area contributed by atoms with E-state index in [-0.39, 0.29) is 50.0 Å². The van der Waals surface area contributed by atoms with E-state index in [9.17, 15) is 14.7 Å². The molecule has 3 aliphatic rings. The molecule has 0 radical (unpaired) electrons. The van der Waals surface area contributed by atoms with E-state index >= 15 is 0 Å². The molecule has 39 heavy (non-hydrogen) atoms. The van der Waals surface area contributed by atoms with E-state index in [1.165, 1.54) is 4.90 Å². The number of fused-ring (bicyclic) bond motifs is 1. The molecule has 1 saturated heterocycles. The zero-order valence-corrected chi connectivity index (χ0v) is 22.9. The predicted octanol–water partition coefficient (Wildman–Crippen LogP) is 3.07. The predicted molar refractivity (Wildman–Crippen MR) is 151 cm³/mol. The number of piperazine rings is 1. The maximum Gasteiger partial charge on any atom is 0.261 e. The van der Waals surface area contributed by atoms with Crippen molar-refractivity contribution in [2.45, 2.75) is 6.10 Å². The first-order chi connectivity index (χ1) is 18.1. The van der Waals surface area contributed by atoms with Crippen molar-refractivity contribution in [2.24, 2.45) is 0 Å². The largest absolute Gasteiger partial charge is 0.491 e. The second kappa shape index (κ2) is 12.4. The lowest BCUT2D eigenvalue weighted by Crippen LogP contribution is -2.51. The third kappa shape index (κ3) is 5.92. The van der Waals surface area contributed by atoms with Crippen LogP contribution in [-0.4, -0.2) is 96.9 Å². The van der Waals surface area contributed by atoms with Crippen LogP contribution in [0.2, 0.25) is 0 Å². The van der Waals surface area contributed by atoms with Crippen molar-refractivity contribution < 1.29 is 28.9 Å². The van der Waals surface area contributed by atoms with E-state index < -0.39 is 6.10 Å². The summed E-state index contributed by atoms with van der Waals surface area (Å²) in [5, 5.41) is 12.1. The summed E-state index contributed by atoms with van der Waals surface area (Å²) < 4.78 is 16.4. The molecule has 11 heteroatoms. The van der Waals surface area contributed by atoms with Crippen LogP contribution >= 0.6 is 24.8 Å². The fraction of sp³-hybridized carbons (Fsp3) is 0.357. The topological polar surface area (TPSA) is 91.8 Å². The number of amides is 2. The number of carbonyl (C=O) groups excluding carboxylic acids is 2. The van der Waals surface area contributed by atoms with Crippen LogP contribution in [-0.2, 0) is 0 Å². The number of hydrogen-bond donors (Lipinski definition) is 1. The molecule has 1 fully saturated rings. The fourth-order valence-corrected chi connectivity index (χ4v) is 5.23. The van der Waals surface area contributed by atoms with Crippen molar-refractivity contribution in [1.82, 2.24) is 14.7 Å². The quantitative estimate of drug-likeness (QED) is 0.410. The van der Waals surface area contributed by atoms with Crippen LogP contribution in [0, 0.1) is 0 Å². The molecule has 2 amide bonds. The molecule has 3 aromatic carbocycles. The zero-order valence-electron chi connectivity index (χ0n) is 21.3. The minimum Gasteiger partial charge on any atom is -0.491 e. The molecule has 3 aliphatic heterocycles. The lowest BCUT2D eigenvalue weighted by Gasteiger charge is -2.36. The summed E-state index contributed by atoms with van der Waals surface area (Å²) in [7, 11) is 0. The molecule has 6 rings (SSSR count). The number of ether oxygens (including phenoxy) is 3. The molecule has 0 bridgehead atoms. The number of aliphatic hydroxyl groups excluding tert-OH is 1. The van der Waals surface area contributed by atoms with Crippen molar-refractivity contribution >= 4 is 47.4 Å². The standard InChI is InChI=1S/C28H29N3O6.2ClH/c32-20(17-35-21-7-8-24-25(15-21)37-18-36-24)16-30-11-9-29(10-12-30)13-14-31-27(33)22-5-1-3-19-4-2-6-23(26(19)22)28(31)34;;/h1-8,15,20,32H,9-14,16-18H2;2*1H. The average molecular weight is 576 g/mol. The average Bonchev–Trinajstić information content (AvgIpc) is 3.39. The molecule has 0 spiro atoms. The maximum atomic E-state index is 13.1. The van der Waals surface area contributed by atoms with E-state index in [2.05, 4.69) is 9.80 Å². The molecular weight excluding hydrogens is 545 g/mol. The third-order valence-electron chi connectivity index (χ3n) is 7.22. The number of hydrogen-bond acceptors (Lipinski definition) is 8. The van der Waals surface area contributed by atoms with Gasteiger partial charge in [0.15, 0.2) is 11.5 Å². The molecule has 208 valence electrons. The Labute approximate surface area is 239 Å². The summed E-state index contributed by atoms with van der Waals surface area (Å²) >= 11 is 0. The molecule has 0 aliphatic carbocycles. The highest BCUT2D eigenvalue weighted by atomic mass is 35.5. The van der Waals surface area contributed by atoms with E-state index in [4.69, 9.17) is 14.2 Å². The zero-order chi connectivity index (χ0) is 25.4. The second-order valence-corrected chi connectivity index (χ2v) is 9.59. The van der Waals surface area contributed by atoms with Gasteiger partial charge in [-0.05, 0) is 29.7 Å². The lowest BCUT2D eigenvalue weighted by atomic mass is 9.94. The minimum absolute atomic E-state index is 0. The Morgan fingerprint density at radius 1 is 0.821 bits per heavy atom. The highest BCUT2D eigenvalue weighted by Gasteiger charge is 2.33. The first-order valence-corrected chi connectivity index (χ1v) is 12.6. The summed E-state index contributed by atoms with van der Waals surface area (Å²) in [5.74, 6) is 1.53. The van der Waals surface area contributed by atoms with Gasteiger partial charge >= 0.3 is 0 Å². The van der Waals surface area contributed by atoms with Crippen LogP contribution in [0.25, 0.3) is 10.8 Å². The van der Waals surface area contributed by atoms with E-state index in [1.54, 1.807) is 30.3 Å². The van der Waals surface area contributed by atoms with Crippen LogP contribution in [0.3, 0.4) is 0 Å². The minimum atomic E-state index is -0.622. The van der Waals surface area contributed by atoms with Crippen molar-refractivity contribution in [3.8, 4) is 17.2 Å². The van der Waals surface area contributed by atoms with Crippen LogP contribution in [0.5, 0.6) is 17.2 Å². The number of halogens is 2. The van der Waals surface area contributed by atoms with Gasteiger partial charge in [-0.25, -0.2) is 0 Å². The Morgan fingerprint density at radius 2 is 1.46 bits per heavy atom. The summed E-state index contributed by atoms with van der Waals surface area (Å²) in [6.45, 7) is 5.10. The Hall–Kier alpha value is -3.08. The summed E-state index contributed by atoms with van der Waals surface area (Å²) in [5.41, 5.74) is 1.18. The van der Waals surface area contributed by atoms with Crippen molar-refractivity contribution in [3.05, 3.63) is 65.7 Å². The molecular formula is C28H31Cl2N3O6. The smallest absolute Gasteiger partial charge is 0.261 e. The summed E-state index contributed by atoms with van der Waals surface area (Å²) in [6.07, 6.45) is -0.622. The normalized spacial score (nSPS) is 17.5. The summed E-state index contributed by atoms with van der Waals surface area (Å²) in [6, 6.07) is 16.6. The van der Waals surface area contributed by atoms with Gasteiger partial charge in [0.1, 0.15) is 18.5 Å². The molecule has 1 N–H and O–H groups in total. The van der Waals surface area contributed by atoms with E-state index in [0.717, 1.165) is 37.0 Å². The molecule has 0 aromatic heterocycles. The first-order valence-electron chi connectivity index (χ1n) is 12.6. The number of aliphatic hydroxyl groups is 1. The van der Waals surface area contributed by atoms with Gasteiger partial charge in [-0.2, -0.15) is 0 Å². The monoisotopic (exact) mass is 575 g/mol. The highest BCUT2D eigenvalue weighted by Crippen LogP contribution is 2.35. The second-order valence-electron chi connectivity index (χ2n) is 9.59. The van der Waals surface area contributed by atoms with Gasteiger partial charge in [0.05, 0.1) is 0 Å². The molecule has 3 heterocycles. The summed E-state index contributed by atoms with van der Waals surface area (Å²) in [4.78, 5) is 32.0. The third-order valence-corrected chi connectivity index (χ3v) is 7.22. The van der Waals surface area contributed by atoms with Gasteiger partial charge in [-0.15, -0.1) is 24.8 Å². The van der Waals surface area contributed by atoms with Gasteiger partial charge in [-0.3, -0.25) is 24.3 Å². The van der Waals surface area contributed by atoms with Crippen molar-refractivity contribution in [3.63, 3.8) is 0 Å². The van der Waals surface area contributed by atoms with Crippen molar-refractivity contribution in [1.29, 1.82) is 0 Å². The van der Waals surface area contributed by atoms with Crippen LogP contribution in [0.1, 0.15) is 20.7 Å². The van der Waals surface area contributed by atoms with Crippen molar-refractivity contribution in [2.75, 3.05) is 59.2 Å². The number of rotatable bonds is 8. The van der Waals surface area contributed by atoms with E-state index in [1.807, 2.05) is 24.3 Å². The van der Waals surface area contributed by atoms with Gasteiger partial charge in [0.2, 0.25) is 6.79 Å². The molecule has 1 unspecified atom stereocenters. The number of β-amino-alcohol motifs (C(OH)–C–C–N with tert-alkyl or cyclic N) is 1. The van der Waals surface area contributed by atoms with Crippen LogP contribution < -0.4 is 14.2 Å². The molecule has 9 nitrogen and oxygen atoms in total. The number of carbonyl (C=O) groups is 2. The molecule has 3 aromatic rings. The highest BCUT2D eigenvalue weighted by molar-refractivity contribution is 6.25. The Bertz CT molecular complexity index is 1300. The Balaban J connectivity index is 0.00000176. The number of benzene rings is 3. The van der Waals surface area contributed by atoms with Gasteiger partial charge in [0.25, 0.3) is 11.8 Å². The first kappa shape index (κ1) is 28.9. The van der Waals surface area contributed by atoms with Crippen LogP contribution in [0.15, 0.2) is 54.6 Å². The number of imide groups is 1. The van der Waals surface area contributed by atoms with E-state index in [0.29, 0.717) is 48.0 Å². The SMILES string of the molecule is Cl.Cl.O=C1c2cccc3cccc(c23)C(=O)N1CCN1CCN(CC(O)COc2ccc3c(c2)OCO3)CC1. The maximum absolute atomic E-state index is 13.1. The Kier molecular flexibility index (Phi) is 9.19. The van der Waals surface area contributed by atoms with Crippen LogP contribution in [0.4, 0.5) is 0 Å². The fourth-order valence-electron chi connectivity index (χ4n) is 5.23.